The lowest BCUT2D eigenvalue weighted by Gasteiger charge is -2.10. The van der Waals surface area contributed by atoms with Crippen LogP contribution in [0.3, 0.4) is 0 Å². The summed E-state index contributed by atoms with van der Waals surface area (Å²) in [6.45, 7) is 0.222. The molecule has 0 saturated heterocycles. The topological polar surface area (TPSA) is 86.5 Å². The summed E-state index contributed by atoms with van der Waals surface area (Å²) in [4.78, 5) is 14.9. The zero-order chi connectivity index (χ0) is 13.8. The third-order valence-electron chi connectivity index (χ3n) is 2.57. The van der Waals surface area contributed by atoms with Crippen molar-refractivity contribution >= 4 is 5.97 Å². The average Bonchev–Trinajstić information content (AvgIpc) is 2.81. The fourth-order valence-electron chi connectivity index (χ4n) is 1.51. The molecule has 7 nitrogen and oxygen atoms in total. The number of carboxylic acids is 1. The van der Waals surface area contributed by atoms with E-state index in [-0.39, 0.29) is 12.2 Å². The Morgan fingerprint density at radius 3 is 2.79 bits per heavy atom. The number of hydrogen-bond donors (Lipinski definition) is 1. The highest BCUT2D eigenvalue weighted by molar-refractivity contribution is 5.88. The van der Waals surface area contributed by atoms with Crippen LogP contribution < -0.4 is 9.47 Å². The van der Waals surface area contributed by atoms with Crippen LogP contribution in [0.5, 0.6) is 11.5 Å². The summed E-state index contributed by atoms with van der Waals surface area (Å²) in [5, 5.41) is 12.8. The van der Waals surface area contributed by atoms with E-state index >= 15 is 0 Å². The number of benzene rings is 1. The van der Waals surface area contributed by atoms with Crippen molar-refractivity contribution in [3.63, 3.8) is 0 Å². The second-order valence-corrected chi connectivity index (χ2v) is 3.76. The molecule has 0 spiro atoms. The van der Waals surface area contributed by atoms with Gasteiger partial charge in [0, 0.05) is 7.05 Å². The molecule has 0 aliphatic rings. The van der Waals surface area contributed by atoms with Crippen LogP contribution in [0.15, 0.2) is 24.5 Å². The SMILES string of the molecule is COc1cc(C(=O)O)ccc1OCc1ncnn1C. The molecule has 0 aliphatic carbocycles. The fraction of sp³-hybridized carbons (Fsp3) is 0.250. The predicted octanol–water partition coefficient (Wildman–Crippen LogP) is 1.10. The van der Waals surface area contributed by atoms with Crippen LogP contribution >= 0.6 is 0 Å². The Morgan fingerprint density at radius 1 is 1.42 bits per heavy atom. The molecule has 0 amide bonds. The van der Waals surface area contributed by atoms with Crippen molar-refractivity contribution in [2.24, 2.45) is 7.05 Å². The molecule has 1 aromatic carbocycles. The van der Waals surface area contributed by atoms with Gasteiger partial charge < -0.3 is 14.6 Å². The molecular formula is C12H13N3O4. The van der Waals surface area contributed by atoms with Crippen molar-refractivity contribution in [3.8, 4) is 11.5 Å². The first-order valence-corrected chi connectivity index (χ1v) is 5.49. The van der Waals surface area contributed by atoms with E-state index < -0.39 is 5.97 Å². The van der Waals surface area contributed by atoms with Crippen LogP contribution in [-0.4, -0.2) is 33.0 Å². The summed E-state index contributed by atoms with van der Waals surface area (Å²) in [5.41, 5.74) is 0.142. The number of rotatable bonds is 5. The van der Waals surface area contributed by atoms with Crippen molar-refractivity contribution in [2.75, 3.05) is 7.11 Å². The summed E-state index contributed by atoms with van der Waals surface area (Å²) in [6, 6.07) is 4.42. The first kappa shape index (κ1) is 12.9. The molecule has 0 saturated carbocycles. The summed E-state index contributed by atoms with van der Waals surface area (Å²) >= 11 is 0. The number of aromatic nitrogens is 3. The van der Waals surface area contributed by atoms with Gasteiger partial charge in [0.1, 0.15) is 12.9 Å². The molecule has 2 aromatic rings. The van der Waals surface area contributed by atoms with E-state index in [2.05, 4.69) is 10.1 Å². The van der Waals surface area contributed by atoms with Crippen LogP contribution in [0, 0.1) is 0 Å². The van der Waals surface area contributed by atoms with E-state index in [1.165, 1.54) is 25.6 Å². The Kier molecular flexibility index (Phi) is 3.65. The zero-order valence-corrected chi connectivity index (χ0v) is 10.5. The molecule has 0 bridgehead atoms. The van der Waals surface area contributed by atoms with Crippen LogP contribution in [-0.2, 0) is 13.7 Å². The number of nitrogens with zero attached hydrogens (tertiary/aromatic N) is 3. The van der Waals surface area contributed by atoms with Crippen molar-refractivity contribution in [1.82, 2.24) is 14.8 Å². The van der Waals surface area contributed by atoms with Crippen molar-refractivity contribution in [2.45, 2.75) is 6.61 Å². The smallest absolute Gasteiger partial charge is 0.335 e. The second kappa shape index (κ2) is 5.38. The number of aromatic carboxylic acids is 1. The molecule has 0 atom stereocenters. The summed E-state index contributed by atoms with van der Waals surface area (Å²) in [5.74, 6) is 0.458. The summed E-state index contributed by atoms with van der Waals surface area (Å²) < 4.78 is 12.2. The number of methoxy groups -OCH3 is 1. The highest BCUT2D eigenvalue weighted by Gasteiger charge is 2.11. The van der Waals surface area contributed by atoms with E-state index in [0.717, 1.165) is 0 Å². The Hall–Kier alpha value is -2.57. The maximum absolute atomic E-state index is 10.9. The van der Waals surface area contributed by atoms with Gasteiger partial charge in [-0.1, -0.05) is 0 Å². The van der Waals surface area contributed by atoms with Gasteiger partial charge in [-0.25, -0.2) is 9.78 Å². The van der Waals surface area contributed by atoms with Gasteiger partial charge in [-0.05, 0) is 18.2 Å². The van der Waals surface area contributed by atoms with E-state index in [0.29, 0.717) is 17.3 Å². The molecule has 1 aromatic heterocycles. The minimum atomic E-state index is -1.02. The maximum atomic E-state index is 10.9. The molecule has 0 fully saturated rings. The van der Waals surface area contributed by atoms with Crippen molar-refractivity contribution in [3.05, 3.63) is 35.9 Å². The minimum Gasteiger partial charge on any atom is -0.493 e. The van der Waals surface area contributed by atoms with E-state index in [1.807, 2.05) is 0 Å². The van der Waals surface area contributed by atoms with E-state index in [1.54, 1.807) is 17.8 Å². The van der Waals surface area contributed by atoms with Crippen LogP contribution in [0.2, 0.25) is 0 Å². The lowest BCUT2D eigenvalue weighted by Crippen LogP contribution is -2.05. The number of hydrogen-bond acceptors (Lipinski definition) is 5. The number of ether oxygens (including phenoxy) is 2. The standard InChI is InChI=1S/C12H13N3O4/c1-15-11(13-7-14-15)6-19-9-4-3-8(12(16)17)5-10(9)18-2/h3-5,7H,6H2,1-2H3,(H,16,17). The van der Waals surface area contributed by atoms with Gasteiger partial charge in [-0.15, -0.1) is 0 Å². The molecule has 2 rings (SSSR count). The minimum absolute atomic E-state index is 0.142. The van der Waals surface area contributed by atoms with Crippen LogP contribution in [0.1, 0.15) is 16.2 Å². The zero-order valence-electron chi connectivity index (χ0n) is 10.5. The Morgan fingerprint density at radius 2 is 2.21 bits per heavy atom. The first-order chi connectivity index (χ1) is 9.11. The molecule has 1 heterocycles. The first-order valence-electron chi connectivity index (χ1n) is 5.49. The highest BCUT2D eigenvalue weighted by atomic mass is 16.5. The Labute approximate surface area is 109 Å². The normalized spacial score (nSPS) is 10.2. The number of carboxylic acid groups (broad SMARTS) is 1. The molecule has 19 heavy (non-hydrogen) atoms. The third kappa shape index (κ3) is 2.82. The predicted molar refractivity (Wildman–Crippen MR) is 65.3 cm³/mol. The quantitative estimate of drug-likeness (QED) is 0.869. The second-order valence-electron chi connectivity index (χ2n) is 3.76. The van der Waals surface area contributed by atoms with Crippen molar-refractivity contribution < 1.29 is 19.4 Å². The van der Waals surface area contributed by atoms with Crippen LogP contribution in [0.4, 0.5) is 0 Å². The number of carbonyl (C=O) groups is 1. The van der Waals surface area contributed by atoms with Gasteiger partial charge in [-0.2, -0.15) is 5.10 Å². The van der Waals surface area contributed by atoms with Gasteiger partial charge in [0.2, 0.25) is 0 Å². The molecule has 100 valence electrons. The van der Waals surface area contributed by atoms with Crippen LogP contribution in [0.25, 0.3) is 0 Å². The fourth-order valence-corrected chi connectivity index (χ4v) is 1.51. The Bertz CT molecular complexity index is 594. The van der Waals surface area contributed by atoms with E-state index in [4.69, 9.17) is 14.6 Å². The monoisotopic (exact) mass is 263 g/mol. The molecule has 0 radical (unpaired) electrons. The molecule has 0 unspecified atom stereocenters. The molecule has 1 N–H and O–H groups in total. The summed E-state index contributed by atoms with van der Waals surface area (Å²) in [7, 11) is 3.21. The largest absolute Gasteiger partial charge is 0.493 e. The molecule has 0 aliphatic heterocycles. The lowest BCUT2D eigenvalue weighted by atomic mass is 10.2. The molecule has 7 heteroatoms. The lowest BCUT2D eigenvalue weighted by molar-refractivity contribution is 0.0696. The van der Waals surface area contributed by atoms with Gasteiger partial charge in [0.05, 0.1) is 12.7 Å². The average molecular weight is 263 g/mol. The summed E-state index contributed by atoms with van der Waals surface area (Å²) in [6.07, 6.45) is 1.43. The third-order valence-corrected chi connectivity index (χ3v) is 2.57. The number of aryl methyl sites for hydroxylation is 1. The highest BCUT2D eigenvalue weighted by Crippen LogP contribution is 2.28. The van der Waals surface area contributed by atoms with Gasteiger partial charge in [0.25, 0.3) is 0 Å². The Balaban J connectivity index is 2.16. The molecular weight excluding hydrogens is 250 g/mol. The maximum Gasteiger partial charge on any atom is 0.335 e. The van der Waals surface area contributed by atoms with Crippen molar-refractivity contribution in [1.29, 1.82) is 0 Å². The van der Waals surface area contributed by atoms with E-state index in [9.17, 15) is 4.79 Å². The van der Waals surface area contributed by atoms with Gasteiger partial charge in [-0.3, -0.25) is 4.68 Å². The van der Waals surface area contributed by atoms with Gasteiger partial charge in [0.15, 0.2) is 17.3 Å². The van der Waals surface area contributed by atoms with Gasteiger partial charge >= 0.3 is 5.97 Å².